The van der Waals surface area contributed by atoms with E-state index in [9.17, 15) is 20.1 Å². The number of carbonyl (C=O) groups is 1. The van der Waals surface area contributed by atoms with E-state index in [1.807, 2.05) is 0 Å². The van der Waals surface area contributed by atoms with Crippen LogP contribution in [0.25, 0.3) is 0 Å². The van der Waals surface area contributed by atoms with Gasteiger partial charge in [0.25, 0.3) is 0 Å². The zero-order chi connectivity index (χ0) is 15.0. The molecule has 6 heteroatoms. The number of hydrogen-bond donors (Lipinski definition) is 4. The predicted octanol–water partition coefficient (Wildman–Crippen LogP) is 1.28. The monoisotopic (exact) mass is 290 g/mol. The number of aliphatic hydroxyl groups is 1. The molecule has 1 fully saturated rings. The molecule has 1 aromatic carbocycles. The molecule has 21 heavy (non-hydrogen) atoms. The van der Waals surface area contributed by atoms with Crippen LogP contribution in [0.5, 0.6) is 5.75 Å². The van der Waals surface area contributed by atoms with Gasteiger partial charge in [-0.2, -0.15) is 0 Å². The summed E-state index contributed by atoms with van der Waals surface area (Å²) in [6, 6.07) is 4.55. The fraction of sp³-hybridized carbons (Fsp3) is 0.467. The van der Waals surface area contributed by atoms with E-state index in [1.54, 1.807) is 12.1 Å². The molecule has 0 saturated carbocycles. The van der Waals surface area contributed by atoms with E-state index in [1.165, 1.54) is 6.07 Å². The number of nitrogens with one attached hydrogen (secondary N) is 1. The molecule has 1 saturated heterocycles. The van der Waals surface area contributed by atoms with Gasteiger partial charge in [0.05, 0.1) is 0 Å². The maximum atomic E-state index is 11.3. The number of aliphatic carboxylic acids is 1. The lowest BCUT2D eigenvalue weighted by Gasteiger charge is -2.41. The number of rotatable bonds is 2. The number of piperidine rings is 1. The number of benzene rings is 1. The van der Waals surface area contributed by atoms with E-state index in [2.05, 4.69) is 10.3 Å². The summed E-state index contributed by atoms with van der Waals surface area (Å²) in [4.78, 5) is 15.3. The Kier molecular flexibility index (Phi) is 3.43. The van der Waals surface area contributed by atoms with E-state index < -0.39 is 11.6 Å². The molecule has 0 aromatic heterocycles. The minimum Gasteiger partial charge on any atom is -0.506 e. The van der Waals surface area contributed by atoms with Crippen LogP contribution in [0.2, 0.25) is 0 Å². The number of fused-ring (bicyclic) bond motifs is 1. The predicted molar refractivity (Wildman–Crippen MR) is 77.0 cm³/mol. The van der Waals surface area contributed by atoms with E-state index in [0.29, 0.717) is 5.56 Å². The van der Waals surface area contributed by atoms with E-state index in [0.717, 1.165) is 25.8 Å². The summed E-state index contributed by atoms with van der Waals surface area (Å²) < 4.78 is 0. The molecule has 2 atom stereocenters. The molecule has 6 nitrogen and oxygen atoms in total. The number of phenolic OH excluding ortho intramolecular Hbond substituents is 1. The second-order valence-electron chi connectivity index (χ2n) is 5.64. The van der Waals surface area contributed by atoms with Crippen LogP contribution in [0, 0.1) is 0 Å². The lowest BCUT2D eigenvalue weighted by Crippen LogP contribution is -2.53. The van der Waals surface area contributed by atoms with Crippen molar-refractivity contribution in [3.8, 4) is 5.75 Å². The van der Waals surface area contributed by atoms with Gasteiger partial charge in [-0.05, 0) is 25.5 Å². The summed E-state index contributed by atoms with van der Waals surface area (Å²) in [6.45, 7) is 0.792. The molecule has 0 aliphatic carbocycles. The molecule has 2 aliphatic rings. The average molecular weight is 290 g/mol. The number of nitrogens with zero attached hydrogens (tertiary/aromatic N) is 1. The van der Waals surface area contributed by atoms with Crippen LogP contribution in [-0.4, -0.2) is 39.6 Å². The zero-order valence-electron chi connectivity index (χ0n) is 11.5. The largest absolute Gasteiger partial charge is 0.506 e. The third kappa shape index (κ3) is 2.30. The van der Waals surface area contributed by atoms with Gasteiger partial charge in [-0.1, -0.05) is 18.6 Å². The van der Waals surface area contributed by atoms with Crippen molar-refractivity contribution in [2.45, 2.75) is 37.3 Å². The van der Waals surface area contributed by atoms with Crippen LogP contribution in [0.3, 0.4) is 0 Å². The van der Waals surface area contributed by atoms with Crippen molar-refractivity contribution in [3.63, 3.8) is 0 Å². The quantitative estimate of drug-likeness (QED) is 0.657. The van der Waals surface area contributed by atoms with Crippen LogP contribution < -0.4 is 5.32 Å². The van der Waals surface area contributed by atoms with Gasteiger partial charge >= 0.3 is 5.97 Å². The highest BCUT2D eigenvalue weighted by atomic mass is 16.4. The van der Waals surface area contributed by atoms with Crippen molar-refractivity contribution in [1.29, 1.82) is 0 Å². The van der Waals surface area contributed by atoms with Crippen LogP contribution in [0.4, 0.5) is 5.69 Å². The van der Waals surface area contributed by atoms with E-state index in [-0.39, 0.29) is 29.6 Å². The molecule has 2 heterocycles. The van der Waals surface area contributed by atoms with Gasteiger partial charge in [-0.15, -0.1) is 0 Å². The number of aromatic hydroxyl groups is 1. The lowest BCUT2D eigenvalue weighted by molar-refractivity contribution is -0.130. The topological polar surface area (TPSA) is 102 Å². The Morgan fingerprint density at radius 3 is 2.86 bits per heavy atom. The minimum atomic E-state index is -1.36. The average Bonchev–Trinajstić information content (AvgIpc) is 2.49. The lowest BCUT2D eigenvalue weighted by atomic mass is 9.76. The first-order chi connectivity index (χ1) is 10.0. The number of hydrogen-bond acceptors (Lipinski definition) is 5. The van der Waals surface area contributed by atoms with Crippen molar-refractivity contribution in [3.05, 3.63) is 23.8 Å². The SMILES string of the molecule is O=C(O)C1=Nc2c(O)cccc2C(O)(C2CCCCN2)C1. The maximum Gasteiger partial charge on any atom is 0.350 e. The standard InChI is InChI=1S/C15H18N2O4/c18-11-5-3-4-9-13(11)17-10(14(19)20)8-15(9,21)12-6-1-2-7-16-12/h3-5,12,16,18,21H,1-2,6-8H2,(H,19,20). The number of carboxylic acid groups (broad SMARTS) is 1. The number of phenols is 1. The Hall–Kier alpha value is -1.92. The van der Waals surface area contributed by atoms with Crippen molar-refractivity contribution < 1.29 is 20.1 Å². The summed E-state index contributed by atoms with van der Waals surface area (Å²) in [5.41, 5.74) is -0.828. The van der Waals surface area contributed by atoms with Gasteiger partial charge in [0.2, 0.25) is 0 Å². The second kappa shape index (κ2) is 5.13. The highest BCUT2D eigenvalue weighted by Gasteiger charge is 2.45. The smallest absolute Gasteiger partial charge is 0.350 e. The van der Waals surface area contributed by atoms with Gasteiger partial charge in [0.15, 0.2) is 0 Å². The third-order valence-corrected chi connectivity index (χ3v) is 4.30. The fourth-order valence-corrected chi connectivity index (χ4v) is 3.22. The Bertz CT molecular complexity index is 608. The molecule has 0 amide bonds. The van der Waals surface area contributed by atoms with Crippen LogP contribution in [0.1, 0.15) is 31.2 Å². The van der Waals surface area contributed by atoms with Crippen LogP contribution in [-0.2, 0) is 10.4 Å². The van der Waals surface area contributed by atoms with Crippen molar-refractivity contribution in [2.24, 2.45) is 4.99 Å². The molecule has 2 unspecified atom stereocenters. The first-order valence-corrected chi connectivity index (χ1v) is 7.11. The molecule has 4 N–H and O–H groups in total. The maximum absolute atomic E-state index is 11.3. The first kappa shape index (κ1) is 14.0. The number of para-hydroxylation sites is 1. The molecule has 112 valence electrons. The van der Waals surface area contributed by atoms with Gasteiger partial charge in [-0.25, -0.2) is 9.79 Å². The minimum absolute atomic E-state index is 0.0591. The highest BCUT2D eigenvalue weighted by Crippen LogP contribution is 2.45. The molecular formula is C15H18N2O4. The van der Waals surface area contributed by atoms with Crippen LogP contribution in [0.15, 0.2) is 23.2 Å². The molecule has 0 radical (unpaired) electrons. The summed E-state index contributed by atoms with van der Waals surface area (Å²) >= 11 is 0. The van der Waals surface area contributed by atoms with Crippen molar-refractivity contribution >= 4 is 17.4 Å². The first-order valence-electron chi connectivity index (χ1n) is 7.11. The molecule has 2 aliphatic heterocycles. The molecule has 3 rings (SSSR count). The Morgan fingerprint density at radius 2 is 2.19 bits per heavy atom. The van der Waals surface area contributed by atoms with Crippen LogP contribution >= 0.6 is 0 Å². The summed E-state index contributed by atoms with van der Waals surface area (Å²) in [6.07, 6.45) is 2.72. The number of carboxylic acids is 1. The van der Waals surface area contributed by atoms with Gasteiger partial charge < -0.3 is 20.6 Å². The van der Waals surface area contributed by atoms with Gasteiger partial charge in [0, 0.05) is 18.0 Å². The van der Waals surface area contributed by atoms with Gasteiger partial charge in [-0.3, -0.25) is 0 Å². The van der Waals surface area contributed by atoms with Crippen molar-refractivity contribution in [2.75, 3.05) is 6.54 Å². The molecule has 0 bridgehead atoms. The zero-order valence-corrected chi connectivity index (χ0v) is 11.5. The van der Waals surface area contributed by atoms with Crippen molar-refractivity contribution in [1.82, 2.24) is 5.32 Å². The fourth-order valence-electron chi connectivity index (χ4n) is 3.22. The summed E-state index contributed by atoms with van der Waals surface area (Å²) in [5, 5.41) is 33.6. The van der Waals surface area contributed by atoms with E-state index >= 15 is 0 Å². The van der Waals surface area contributed by atoms with E-state index in [4.69, 9.17) is 0 Å². The Labute approximate surface area is 122 Å². The Balaban J connectivity index is 2.12. The molecular weight excluding hydrogens is 272 g/mol. The molecule has 1 aromatic rings. The normalized spacial score (nSPS) is 28.6. The molecule has 0 spiro atoms. The van der Waals surface area contributed by atoms with Gasteiger partial charge in [0.1, 0.15) is 22.7 Å². The highest BCUT2D eigenvalue weighted by molar-refractivity contribution is 6.36. The summed E-state index contributed by atoms with van der Waals surface area (Å²) in [7, 11) is 0. The summed E-state index contributed by atoms with van der Waals surface area (Å²) in [5.74, 6) is -1.28. The number of aliphatic imine (C=N–C) groups is 1. The Morgan fingerprint density at radius 1 is 1.38 bits per heavy atom. The second-order valence-corrected chi connectivity index (χ2v) is 5.64. The third-order valence-electron chi connectivity index (χ3n) is 4.30.